The fourth-order valence-corrected chi connectivity index (χ4v) is 2.69. The van der Waals surface area contributed by atoms with Crippen LogP contribution >= 0.6 is 11.6 Å². The summed E-state index contributed by atoms with van der Waals surface area (Å²) in [6, 6.07) is 9.99. The SMILES string of the molecule is N#C/C(=C/Nc1ccc(Cl)c(C(F)(F)F)c1)C(=O)NCc1ccc2c(c1)OCO2. The van der Waals surface area contributed by atoms with Crippen molar-refractivity contribution in [2.75, 3.05) is 12.1 Å². The maximum atomic E-state index is 12.9. The van der Waals surface area contributed by atoms with Crippen LogP contribution in [0.3, 0.4) is 0 Å². The molecule has 1 amide bonds. The number of nitrogens with zero attached hydrogens (tertiary/aromatic N) is 1. The zero-order valence-electron chi connectivity index (χ0n) is 14.6. The summed E-state index contributed by atoms with van der Waals surface area (Å²) in [5.41, 5.74) is -0.587. The third-order valence-electron chi connectivity index (χ3n) is 3.91. The minimum Gasteiger partial charge on any atom is -0.454 e. The number of rotatable bonds is 5. The molecule has 150 valence electrons. The molecule has 10 heteroatoms. The van der Waals surface area contributed by atoms with Crippen molar-refractivity contribution in [3.8, 4) is 17.6 Å². The molecule has 0 spiro atoms. The van der Waals surface area contributed by atoms with Crippen LogP contribution in [0.15, 0.2) is 48.2 Å². The van der Waals surface area contributed by atoms with Gasteiger partial charge in [0.25, 0.3) is 5.91 Å². The number of amides is 1. The summed E-state index contributed by atoms with van der Waals surface area (Å²) in [5, 5.41) is 13.8. The summed E-state index contributed by atoms with van der Waals surface area (Å²) >= 11 is 5.56. The molecule has 2 aromatic carbocycles. The third kappa shape index (κ3) is 4.92. The van der Waals surface area contributed by atoms with Crippen LogP contribution in [0, 0.1) is 11.3 Å². The molecule has 29 heavy (non-hydrogen) atoms. The molecule has 0 aromatic heterocycles. The number of alkyl halides is 3. The first-order valence-electron chi connectivity index (χ1n) is 8.18. The number of hydrogen-bond donors (Lipinski definition) is 2. The molecule has 0 aliphatic carbocycles. The minimum absolute atomic E-state index is 0.0260. The molecule has 1 aliphatic heterocycles. The molecule has 1 heterocycles. The van der Waals surface area contributed by atoms with Crippen molar-refractivity contribution < 1.29 is 27.4 Å². The Labute approximate surface area is 168 Å². The normalized spacial score (nSPS) is 13.0. The molecule has 0 atom stereocenters. The van der Waals surface area contributed by atoms with Crippen molar-refractivity contribution in [3.05, 3.63) is 64.3 Å². The lowest BCUT2D eigenvalue weighted by atomic mass is 10.2. The Balaban J connectivity index is 1.65. The maximum absolute atomic E-state index is 12.9. The molecular weight excluding hydrogens is 411 g/mol. The van der Waals surface area contributed by atoms with Crippen LogP contribution < -0.4 is 20.1 Å². The van der Waals surface area contributed by atoms with E-state index < -0.39 is 22.7 Å². The molecule has 3 rings (SSSR count). The average molecular weight is 424 g/mol. The monoisotopic (exact) mass is 423 g/mol. The lowest BCUT2D eigenvalue weighted by Gasteiger charge is -2.11. The summed E-state index contributed by atoms with van der Waals surface area (Å²) in [4.78, 5) is 12.2. The highest BCUT2D eigenvalue weighted by Gasteiger charge is 2.33. The summed E-state index contributed by atoms with van der Waals surface area (Å²) in [5.74, 6) is 0.462. The number of nitrogens with one attached hydrogen (secondary N) is 2. The van der Waals surface area contributed by atoms with Gasteiger partial charge in [0.2, 0.25) is 6.79 Å². The van der Waals surface area contributed by atoms with Gasteiger partial charge < -0.3 is 20.1 Å². The highest BCUT2D eigenvalue weighted by atomic mass is 35.5. The van der Waals surface area contributed by atoms with Gasteiger partial charge in [-0.05, 0) is 35.9 Å². The van der Waals surface area contributed by atoms with Gasteiger partial charge in [-0.1, -0.05) is 17.7 Å². The van der Waals surface area contributed by atoms with E-state index in [0.717, 1.165) is 23.9 Å². The Bertz CT molecular complexity index is 1020. The first-order valence-corrected chi connectivity index (χ1v) is 8.56. The second kappa shape index (κ2) is 8.32. The van der Waals surface area contributed by atoms with Gasteiger partial charge in [0, 0.05) is 18.4 Å². The molecule has 0 unspecified atom stereocenters. The topological polar surface area (TPSA) is 83.4 Å². The van der Waals surface area contributed by atoms with E-state index in [-0.39, 0.29) is 24.6 Å². The van der Waals surface area contributed by atoms with Crippen molar-refractivity contribution in [1.82, 2.24) is 5.32 Å². The molecule has 2 N–H and O–H groups in total. The van der Waals surface area contributed by atoms with Crippen molar-refractivity contribution in [2.45, 2.75) is 12.7 Å². The van der Waals surface area contributed by atoms with Crippen LogP contribution in [-0.4, -0.2) is 12.7 Å². The molecular formula is C19H13ClF3N3O3. The Hall–Kier alpha value is -3.38. The minimum atomic E-state index is -4.63. The van der Waals surface area contributed by atoms with E-state index in [1.807, 2.05) is 0 Å². The maximum Gasteiger partial charge on any atom is 0.417 e. The Morgan fingerprint density at radius 1 is 1.21 bits per heavy atom. The third-order valence-corrected chi connectivity index (χ3v) is 4.24. The largest absolute Gasteiger partial charge is 0.454 e. The quantitative estimate of drug-likeness (QED) is 0.555. The fraction of sp³-hybridized carbons (Fsp3) is 0.158. The fourth-order valence-electron chi connectivity index (χ4n) is 2.46. The number of carbonyl (C=O) groups excluding carboxylic acids is 1. The van der Waals surface area contributed by atoms with E-state index in [2.05, 4.69) is 10.6 Å². The number of benzene rings is 2. The van der Waals surface area contributed by atoms with Crippen LogP contribution in [0.1, 0.15) is 11.1 Å². The van der Waals surface area contributed by atoms with Gasteiger partial charge in [0.05, 0.1) is 10.6 Å². The molecule has 0 radical (unpaired) electrons. The van der Waals surface area contributed by atoms with E-state index in [0.29, 0.717) is 11.5 Å². The molecule has 1 aliphatic rings. The number of anilines is 1. The van der Waals surface area contributed by atoms with Crippen LogP contribution in [0.4, 0.5) is 18.9 Å². The molecule has 0 saturated carbocycles. The highest BCUT2D eigenvalue weighted by Crippen LogP contribution is 2.36. The van der Waals surface area contributed by atoms with Crippen molar-refractivity contribution in [1.29, 1.82) is 5.26 Å². The van der Waals surface area contributed by atoms with Gasteiger partial charge in [0.15, 0.2) is 11.5 Å². The van der Waals surface area contributed by atoms with Crippen LogP contribution in [0.25, 0.3) is 0 Å². The van der Waals surface area contributed by atoms with Gasteiger partial charge >= 0.3 is 6.18 Å². The molecule has 0 bridgehead atoms. The number of halogens is 4. The lowest BCUT2D eigenvalue weighted by Crippen LogP contribution is -2.24. The zero-order chi connectivity index (χ0) is 21.0. The smallest absolute Gasteiger partial charge is 0.417 e. The van der Waals surface area contributed by atoms with Gasteiger partial charge in [-0.3, -0.25) is 4.79 Å². The Kier molecular flexibility index (Phi) is 5.84. The highest BCUT2D eigenvalue weighted by molar-refractivity contribution is 6.31. The van der Waals surface area contributed by atoms with E-state index in [1.165, 1.54) is 6.07 Å². The van der Waals surface area contributed by atoms with Crippen molar-refractivity contribution in [3.63, 3.8) is 0 Å². The second-order valence-electron chi connectivity index (χ2n) is 5.88. The number of fused-ring (bicyclic) bond motifs is 1. The van der Waals surface area contributed by atoms with Crippen LogP contribution in [0.2, 0.25) is 5.02 Å². The Morgan fingerprint density at radius 2 is 1.97 bits per heavy atom. The van der Waals surface area contributed by atoms with Gasteiger partial charge in [0.1, 0.15) is 11.6 Å². The summed E-state index contributed by atoms with van der Waals surface area (Å²) in [6.07, 6.45) is -3.60. The second-order valence-corrected chi connectivity index (χ2v) is 6.28. The zero-order valence-corrected chi connectivity index (χ0v) is 15.4. The molecule has 2 aromatic rings. The number of ether oxygens (including phenoxy) is 2. The Morgan fingerprint density at radius 3 is 2.69 bits per heavy atom. The average Bonchev–Trinajstić information content (AvgIpc) is 3.15. The van der Waals surface area contributed by atoms with Gasteiger partial charge in [-0.25, -0.2) is 0 Å². The molecule has 0 fully saturated rings. The number of carbonyl (C=O) groups is 1. The van der Waals surface area contributed by atoms with Gasteiger partial charge in [-0.15, -0.1) is 0 Å². The molecule has 0 saturated heterocycles. The summed E-state index contributed by atoms with van der Waals surface area (Å²) in [7, 11) is 0. The van der Waals surface area contributed by atoms with Crippen LogP contribution in [-0.2, 0) is 17.5 Å². The lowest BCUT2D eigenvalue weighted by molar-refractivity contribution is -0.137. The van der Waals surface area contributed by atoms with Crippen molar-refractivity contribution in [2.24, 2.45) is 0 Å². The standard InChI is InChI=1S/C19H13ClF3N3O3/c20-15-3-2-13(6-14(15)19(21,22)23)25-9-12(7-24)18(27)26-8-11-1-4-16-17(5-11)29-10-28-16/h1-6,9,25H,8,10H2,(H,26,27)/b12-9-. The van der Waals surface area contributed by atoms with E-state index in [4.69, 9.17) is 26.3 Å². The van der Waals surface area contributed by atoms with Crippen molar-refractivity contribution >= 4 is 23.2 Å². The predicted octanol–water partition coefficient (Wildman–Crippen LogP) is 4.22. The van der Waals surface area contributed by atoms with E-state index in [1.54, 1.807) is 24.3 Å². The number of hydrogen-bond acceptors (Lipinski definition) is 5. The summed E-state index contributed by atoms with van der Waals surface area (Å²) in [6.45, 7) is 0.243. The van der Waals surface area contributed by atoms with Crippen LogP contribution in [0.5, 0.6) is 11.5 Å². The number of nitriles is 1. The molecule has 6 nitrogen and oxygen atoms in total. The van der Waals surface area contributed by atoms with E-state index in [9.17, 15) is 18.0 Å². The van der Waals surface area contributed by atoms with Gasteiger partial charge in [-0.2, -0.15) is 18.4 Å². The predicted molar refractivity (Wildman–Crippen MR) is 98.2 cm³/mol. The van der Waals surface area contributed by atoms with E-state index >= 15 is 0 Å². The first-order chi connectivity index (χ1) is 13.8. The first kappa shape index (κ1) is 20.4. The summed E-state index contributed by atoms with van der Waals surface area (Å²) < 4.78 is 49.2.